The van der Waals surface area contributed by atoms with E-state index >= 15 is 0 Å². The van der Waals surface area contributed by atoms with Crippen LogP contribution in [0.5, 0.6) is 5.75 Å². The minimum absolute atomic E-state index is 0.0940. The first-order chi connectivity index (χ1) is 9.59. The van der Waals surface area contributed by atoms with Crippen molar-refractivity contribution in [3.63, 3.8) is 0 Å². The van der Waals surface area contributed by atoms with Crippen molar-refractivity contribution >= 4 is 0 Å². The highest BCUT2D eigenvalue weighted by molar-refractivity contribution is 5.47. The second-order valence-corrected chi connectivity index (χ2v) is 7.03. The molecule has 3 unspecified atom stereocenters. The minimum Gasteiger partial charge on any atom is -0.508 e. The zero-order valence-corrected chi connectivity index (χ0v) is 12.0. The fourth-order valence-electron chi connectivity index (χ4n) is 4.93. The number of hydrogen-bond acceptors (Lipinski definition) is 2. The number of aromatic hydroxyl groups is 1. The molecule has 4 atom stereocenters. The van der Waals surface area contributed by atoms with Gasteiger partial charge in [0.2, 0.25) is 0 Å². The normalized spacial score (nSPS) is 38.7. The average molecular weight is 270 g/mol. The molecule has 2 heteroatoms. The van der Waals surface area contributed by atoms with Gasteiger partial charge in [0.1, 0.15) is 5.75 Å². The van der Waals surface area contributed by atoms with Crippen molar-refractivity contribution in [3.8, 4) is 5.75 Å². The van der Waals surface area contributed by atoms with Gasteiger partial charge >= 0.3 is 0 Å². The lowest BCUT2D eigenvalue weighted by Gasteiger charge is -2.46. The Balaban J connectivity index is 1.76. The Morgan fingerprint density at radius 3 is 2.90 bits per heavy atom. The van der Waals surface area contributed by atoms with Crippen LogP contribution in [0, 0.1) is 11.3 Å². The predicted octanol–water partition coefficient (Wildman–Crippen LogP) is 3.53. The molecular formula is C18H22O2. The Morgan fingerprint density at radius 2 is 2.05 bits per heavy atom. The quantitative estimate of drug-likeness (QED) is 0.708. The van der Waals surface area contributed by atoms with E-state index < -0.39 is 0 Å². The molecule has 4 rings (SSSR count). The number of aliphatic hydroxyl groups is 1. The van der Waals surface area contributed by atoms with Gasteiger partial charge in [-0.1, -0.05) is 24.6 Å². The molecule has 2 N–H and O–H groups in total. The van der Waals surface area contributed by atoms with Crippen LogP contribution in [0.1, 0.15) is 49.7 Å². The number of phenolic OH excluding ortho intramolecular Hbond substituents is 1. The molecule has 0 radical (unpaired) electrons. The highest BCUT2D eigenvalue weighted by Crippen LogP contribution is 2.59. The summed E-state index contributed by atoms with van der Waals surface area (Å²) in [7, 11) is 0. The molecule has 3 aliphatic carbocycles. The van der Waals surface area contributed by atoms with Crippen LogP contribution < -0.4 is 0 Å². The first-order valence-corrected chi connectivity index (χ1v) is 7.79. The summed E-state index contributed by atoms with van der Waals surface area (Å²) in [6.45, 7) is 2.28. The molecular weight excluding hydrogens is 248 g/mol. The second-order valence-electron chi connectivity index (χ2n) is 7.03. The monoisotopic (exact) mass is 270 g/mol. The average Bonchev–Trinajstić information content (AvgIpc) is 2.74. The first kappa shape index (κ1) is 12.5. The molecule has 3 aliphatic rings. The number of aliphatic hydroxyl groups excluding tert-OH is 1. The fraction of sp³-hybridized carbons (Fsp3) is 0.556. The van der Waals surface area contributed by atoms with E-state index in [9.17, 15) is 10.2 Å². The van der Waals surface area contributed by atoms with Crippen LogP contribution >= 0.6 is 0 Å². The van der Waals surface area contributed by atoms with Crippen molar-refractivity contribution in [2.24, 2.45) is 11.3 Å². The zero-order valence-electron chi connectivity index (χ0n) is 12.0. The van der Waals surface area contributed by atoms with E-state index in [1.54, 1.807) is 5.57 Å². The Kier molecular flexibility index (Phi) is 2.56. The fourth-order valence-corrected chi connectivity index (χ4v) is 4.93. The smallest absolute Gasteiger partial charge is 0.115 e. The van der Waals surface area contributed by atoms with Gasteiger partial charge in [0.25, 0.3) is 0 Å². The standard InChI is InChI=1S/C18H22O2/c1-18-9-8-14-13-5-3-12(19)10-11(13)2-4-15(14)16(18)6-7-17(18)20/h3-5,10,14,16-17,19-20H,2,6-9H2,1H3/t14?,16?,17-,18?/m1/s1. The number of fused-ring (bicyclic) bond motifs is 5. The minimum atomic E-state index is -0.129. The summed E-state index contributed by atoms with van der Waals surface area (Å²) < 4.78 is 0. The van der Waals surface area contributed by atoms with E-state index in [0.29, 0.717) is 17.6 Å². The van der Waals surface area contributed by atoms with E-state index in [0.717, 1.165) is 32.1 Å². The van der Waals surface area contributed by atoms with E-state index in [1.165, 1.54) is 11.1 Å². The van der Waals surface area contributed by atoms with Crippen LogP contribution in [-0.2, 0) is 6.42 Å². The third-order valence-corrected chi connectivity index (χ3v) is 6.12. The van der Waals surface area contributed by atoms with Gasteiger partial charge in [-0.05, 0) is 61.3 Å². The van der Waals surface area contributed by atoms with E-state index in [-0.39, 0.29) is 11.5 Å². The van der Waals surface area contributed by atoms with Crippen molar-refractivity contribution in [1.29, 1.82) is 0 Å². The van der Waals surface area contributed by atoms with Crippen LogP contribution in [0.4, 0.5) is 0 Å². The van der Waals surface area contributed by atoms with Crippen LogP contribution in [0.2, 0.25) is 0 Å². The molecule has 1 aromatic rings. The van der Waals surface area contributed by atoms with Crippen molar-refractivity contribution in [2.75, 3.05) is 0 Å². The molecule has 0 heterocycles. The van der Waals surface area contributed by atoms with Gasteiger partial charge in [0, 0.05) is 11.3 Å². The Hall–Kier alpha value is -1.28. The lowest BCUT2D eigenvalue weighted by Crippen LogP contribution is -2.39. The van der Waals surface area contributed by atoms with Crippen molar-refractivity contribution < 1.29 is 10.2 Å². The third-order valence-electron chi connectivity index (χ3n) is 6.12. The molecule has 20 heavy (non-hydrogen) atoms. The molecule has 0 spiro atoms. The molecule has 2 nitrogen and oxygen atoms in total. The Bertz CT molecular complexity index is 589. The summed E-state index contributed by atoms with van der Waals surface area (Å²) in [5.41, 5.74) is 4.34. The number of rotatable bonds is 0. The van der Waals surface area contributed by atoms with Crippen LogP contribution in [-0.4, -0.2) is 16.3 Å². The molecule has 0 amide bonds. The zero-order chi connectivity index (χ0) is 13.9. The molecule has 1 aromatic carbocycles. The van der Waals surface area contributed by atoms with E-state index in [4.69, 9.17) is 0 Å². The second kappa shape index (κ2) is 4.11. The third kappa shape index (κ3) is 1.54. The predicted molar refractivity (Wildman–Crippen MR) is 78.7 cm³/mol. The largest absolute Gasteiger partial charge is 0.508 e. The van der Waals surface area contributed by atoms with E-state index in [2.05, 4.69) is 19.1 Å². The van der Waals surface area contributed by atoms with Gasteiger partial charge < -0.3 is 10.2 Å². The number of allylic oxidation sites excluding steroid dienone is 2. The first-order valence-electron chi connectivity index (χ1n) is 7.79. The van der Waals surface area contributed by atoms with Crippen molar-refractivity contribution in [1.82, 2.24) is 0 Å². The number of hydrogen-bond donors (Lipinski definition) is 2. The molecule has 0 aliphatic heterocycles. The highest BCUT2D eigenvalue weighted by Gasteiger charge is 2.51. The van der Waals surface area contributed by atoms with Gasteiger partial charge in [-0.3, -0.25) is 0 Å². The van der Waals surface area contributed by atoms with Gasteiger partial charge in [-0.25, -0.2) is 0 Å². The van der Waals surface area contributed by atoms with Crippen molar-refractivity contribution in [3.05, 3.63) is 41.0 Å². The van der Waals surface area contributed by atoms with E-state index in [1.807, 2.05) is 12.1 Å². The summed E-state index contributed by atoms with van der Waals surface area (Å²) in [6, 6.07) is 5.84. The lowest BCUT2D eigenvalue weighted by atomic mass is 9.59. The Morgan fingerprint density at radius 1 is 1.20 bits per heavy atom. The lowest BCUT2D eigenvalue weighted by molar-refractivity contribution is 0.0267. The van der Waals surface area contributed by atoms with Crippen molar-refractivity contribution in [2.45, 2.75) is 51.0 Å². The molecule has 0 aromatic heterocycles. The van der Waals surface area contributed by atoms with Gasteiger partial charge in [0.05, 0.1) is 6.10 Å². The molecule has 2 saturated carbocycles. The topological polar surface area (TPSA) is 40.5 Å². The molecule has 2 fully saturated rings. The summed E-state index contributed by atoms with van der Waals surface area (Å²) in [5.74, 6) is 1.44. The molecule has 0 bridgehead atoms. The SMILES string of the molecule is CC12CCC3C(=CCc4cc(O)ccc43)C1CC[C@H]2O. The van der Waals surface area contributed by atoms with Crippen LogP contribution in [0.25, 0.3) is 0 Å². The number of phenols is 1. The summed E-state index contributed by atoms with van der Waals surface area (Å²) >= 11 is 0. The Labute approximate surface area is 120 Å². The van der Waals surface area contributed by atoms with Crippen LogP contribution in [0.15, 0.2) is 29.8 Å². The molecule has 0 saturated heterocycles. The summed E-state index contributed by atoms with van der Waals surface area (Å²) in [5, 5.41) is 20.0. The maximum Gasteiger partial charge on any atom is 0.115 e. The van der Waals surface area contributed by atoms with Gasteiger partial charge in [-0.15, -0.1) is 0 Å². The van der Waals surface area contributed by atoms with Crippen LogP contribution in [0.3, 0.4) is 0 Å². The number of benzene rings is 1. The van der Waals surface area contributed by atoms with Gasteiger partial charge in [-0.2, -0.15) is 0 Å². The molecule has 106 valence electrons. The maximum absolute atomic E-state index is 10.3. The maximum atomic E-state index is 10.3. The summed E-state index contributed by atoms with van der Waals surface area (Å²) in [4.78, 5) is 0. The highest BCUT2D eigenvalue weighted by atomic mass is 16.3. The summed E-state index contributed by atoms with van der Waals surface area (Å²) in [6.07, 6.45) is 7.51. The van der Waals surface area contributed by atoms with Gasteiger partial charge in [0.15, 0.2) is 0 Å².